The molecule has 0 unspecified atom stereocenters. The van der Waals surface area contributed by atoms with Crippen LogP contribution in [0.2, 0.25) is 0 Å². The van der Waals surface area contributed by atoms with Gasteiger partial charge < -0.3 is 9.47 Å². The summed E-state index contributed by atoms with van der Waals surface area (Å²) < 4.78 is 11.3. The molecule has 0 N–H and O–H groups in total. The third kappa shape index (κ3) is 2.23. The monoisotopic (exact) mass is 236 g/mol. The lowest BCUT2D eigenvalue weighted by Gasteiger charge is -2.36. The molecule has 1 saturated heterocycles. The fourth-order valence-corrected chi connectivity index (χ4v) is 1.71. The number of cyclic esters (lactones) is 1. The van der Waals surface area contributed by atoms with Crippen LogP contribution in [-0.4, -0.2) is 17.4 Å². The van der Waals surface area contributed by atoms with Crippen molar-refractivity contribution in [3.8, 4) is 12.3 Å². The molecule has 0 aromatic carbocycles. The first kappa shape index (κ1) is 13.8. The summed E-state index contributed by atoms with van der Waals surface area (Å²) in [6.07, 6.45) is 7.50. The van der Waals surface area contributed by atoms with Crippen molar-refractivity contribution in [3.05, 3.63) is 12.7 Å². The highest BCUT2D eigenvalue weighted by atomic mass is 16.8. The SMILES string of the molecule is C#CC[C@]1(CC=C)O[C@@](C)(C(C)(C)C)OC1=O. The van der Waals surface area contributed by atoms with Gasteiger partial charge in [0.25, 0.3) is 0 Å². The van der Waals surface area contributed by atoms with Crippen LogP contribution in [-0.2, 0) is 14.3 Å². The Kier molecular flexibility index (Phi) is 3.40. The van der Waals surface area contributed by atoms with Crippen LogP contribution >= 0.6 is 0 Å². The molecule has 94 valence electrons. The molecule has 0 aromatic rings. The minimum atomic E-state index is -1.07. The minimum Gasteiger partial charge on any atom is -0.431 e. The standard InChI is InChI=1S/C14H20O3/c1-7-9-14(10-8-2)11(15)16-13(6,17-14)12(3,4)5/h1,8H,2,9-10H2,3-6H3/t13-,14+/m0/s1. The summed E-state index contributed by atoms with van der Waals surface area (Å²) >= 11 is 0. The van der Waals surface area contributed by atoms with Crippen molar-refractivity contribution in [1.82, 2.24) is 0 Å². The highest BCUT2D eigenvalue weighted by molar-refractivity contribution is 5.82. The van der Waals surface area contributed by atoms with Crippen LogP contribution in [0.3, 0.4) is 0 Å². The molecule has 0 aliphatic carbocycles. The molecule has 0 saturated carbocycles. The highest BCUT2D eigenvalue weighted by Gasteiger charge is 2.59. The predicted octanol–water partition coefficient (Wildman–Crippen LogP) is 2.66. The van der Waals surface area contributed by atoms with Crippen LogP contribution in [0.25, 0.3) is 0 Å². The zero-order valence-electron chi connectivity index (χ0n) is 11.0. The topological polar surface area (TPSA) is 35.5 Å². The van der Waals surface area contributed by atoms with E-state index in [4.69, 9.17) is 15.9 Å². The molecule has 1 aliphatic rings. The van der Waals surface area contributed by atoms with Crippen molar-refractivity contribution < 1.29 is 14.3 Å². The van der Waals surface area contributed by atoms with Gasteiger partial charge in [0.05, 0.1) is 0 Å². The summed E-state index contributed by atoms with van der Waals surface area (Å²) in [5.74, 6) is 1.13. The first-order valence-corrected chi connectivity index (χ1v) is 5.69. The van der Waals surface area contributed by atoms with Crippen LogP contribution in [0.4, 0.5) is 0 Å². The van der Waals surface area contributed by atoms with Crippen LogP contribution in [0, 0.1) is 17.8 Å². The van der Waals surface area contributed by atoms with Crippen LogP contribution in [0.15, 0.2) is 12.7 Å². The van der Waals surface area contributed by atoms with Gasteiger partial charge in [-0.05, 0) is 0 Å². The summed E-state index contributed by atoms with van der Waals surface area (Å²) in [5, 5.41) is 0. The molecule has 17 heavy (non-hydrogen) atoms. The molecule has 1 aliphatic heterocycles. The van der Waals surface area contributed by atoms with Crippen LogP contribution in [0.1, 0.15) is 40.5 Å². The van der Waals surface area contributed by atoms with E-state index >= 15 is 0 Å². The molecule has 0 spiro atoms. The first-order valence-electron chi connectivity index (χ1n) is 5.69. The molecule has 1 rings (SSSR count). The van der Waals surface area contributed by atoms with Gasteiger partial charge in [0.1, 0.15) is 0 Å². The third-order valence-electron chi connectivity index (χ3n) is 3.27. The van der Waals surface area contributed by atoms with Crippen molar-refractivity contribution in [3.63, 3.8) is 0 Å². The van der Waals surface area contributed by atoms with Gasteiger partial charge in [-0.2, -0.15) is 0 Å². The third-order valence-corrected chi connectivity index (χ3v) is 3.27. The maximum absolute atomic E-state index is 12.0. The molecule has 1 fully saturated rings. The highest BCUT2D eigenvalue weighted by Crippen LogP contribution is 2.46. The molecule has 0 radical (unpaired) electrons. The van der Waals surface area contributed by atoms with Crippen molar-refractivity contribution >= 4 is 5.97 Å². The maximum Gasteiger partial charge on any atom is 0.342 e. The van der Waals surface area contributed by atoms with Crippen molar-refractivity contribution in [1.29, 1.82) is 0 Å². The average Bonchev–Trinajstić information content (AvgIpc) is 2.40. The van der Waals surface area contributed by atoms with Crippen LogP contribution in [0.5, 0.6) is 0 Å². The average molecular weight is 236 g/mol. The molecule has 2 atom stereocenters. The van der Waals surface area contributed by atoms with Gasteiger partial charge in [-0.15, -0.1) is 18.9 Å². The largest absolute Gasteiger partial charge is 0.431 e. The molecule has 0 bridgehead atoms. The van der Waals surface area contributed by atoms with Crippen molar-refractivity contribution in [2.24, 2.45) is 5.41 Å². The number of carbonyl (C=O) groups is 1. The second-order valence-electron chi connectivity index (χ2n) is 5.56. The summed E-state index contributed by atoms with van der Waals surface area (Å²) in [6, 6.07) is 0. The Labute approximate surface area is 103 Å². The van der Waals surface area contributed by atoms with Gasteiger partial charge in [-0.3, -0.25) is 0 Å². The van der Waals surface area contributed by atoms with E-state index in [0.29, 0.717) is 6.42 Å². The number of esters is 1. The number of hydrogen-bond donors (Lipinski definition) is 0. The van der Waals surface area contributed by atoms with E-state index in [9.17, 15) is 4.79 Å². The first-order chi connectivity index (χ1) is 7.71. The lowest BCUT2D eigenvalue weighted by molar-refractivity contribution is -0.231. The molecule has 3 heteroatoms. The fourth-order valence-electron chi connectivity index (χ4n) is 1.71. The summed E-state index contributed by atoms with van der Waals surface area (Å²) in [7, 11) is 0. The Morgan fingerprint density at radius 2 is 2.12 bits per heavy atom. The van der Waals surface area contributed by atoms with Gasteiger partial charge in [-0.1, -0.05) is 26.8 Å². The number of hydrogen-bond acceptors (Lipinski definition) is 3. The minimum absolute atomic E-state index is 0.198. The van der Waals surface area contributed by atoms with Gasteiger partial charge in [0.15, 0.2) is 5.60 Å². The summed E-state index contributed by atoms with van der Waals surface area (Å²) in [5.41, 5.74) is -1.39. The Hall–Kier alpha value is -1.27. The van der Waals surface area contributed by atoms with Crippen LogP contribution < -0.4 is 0 Å². The van der Waals surface area contributed by atoms with E-state index in [1.54, 1.807) is 13.0 Å². The Morgan fingerprint density at radius 3 is 2.47 bits per heavy atom. The summed E-state index contributed by atoms with van der Waals surface area (Å²) in [6.45, 7) is 11.3. The quantitative estimate of drug-likeness (QED) is 0.429. The zero-order chi connectivity index (χ0) is 13.3. The van der Waals surface area contributed by atoms with E-state index in [0.717, 1.165) is 0 Å². The van der Waals surface area contributed by atoms with E-state index in [2.05, 4.69) is 12.5 Å². The zero-order valence-corrected chi connectivity index (χ0v) is 11.0. The lowest BCUT2D eigenvalue weighted by atomic mass is 9.86. The smallest absolute Gasteiger partial charge is 0.342 e. The lowest BCUT2D eigenvalue weighted by Crippen LogP contribution is -2.43. The van der Waals surface area contributed by atoms with Gasteiger partial charge in [0, 0.05) is 25.2 Å². The molecule has 3 nitrogen and oxygen atoms in total. The van der Waals surface area contributed by atoms with E-state index < -0.39 is 17.4 Å². The van der Waals surface area contributed by atoms with E-state index in [1.807, 2.05) is 20.8 Å². The second-order valence-corrected chi connectivity index (χ2v) is 5.56. The Bertz CT molecular complexity index is 372. The summed E-state index contributed by atoms with van der Waals surface area (Å²) in [4.78, 5) is 12.0. The van der Waals surface area contributed by atoms with Gasteiger partial charge in [-0.25, -0.2) is 4.79 Å². The molecule has 1 heterocycles. The molecular weight excluding hydrogens is 216 g/mol. The fraction of sp³-hybridized carbons (Fsp3) is 0.643. The Morgan fingerprint density at radius 1 is 1.53 bits per heavy atom. The van der Waals surface area contributed by atoms with Crippen molar-refractivity contribution in [2.45, 2.75) is 51.9 Å². The van der Waals surface area contributed by atoms with Gasteiger partial charge in [0.2, 0.25) is 5.79 Å². The predicted molar refractivity (Wildman–Crippen MR) is 66.0 cm³/mol. The van der Waals surface area contributed by atoms with E-state index in [-0.39, 0.29) is 11.8 Å². The molecule has 0 amide bonds. The maximum atomic E-state index is 12.0. The Balaban J connectivity index is 3.10. The van der Waals surface area contributed by atoms with Crippen molar-refractivity contribution in [2.75, 3.05) is 0 Å². The number of carbonyl (C=O) groups excluding carboxylic acids is 1. The second kappa shape index (κ2) is 4.19. The normalized spacial score (nSPS) is 33.0. The van der Waals surface area contributed by atoms with E-state index in [1.165, 1.54) is 0 Å². The van der Waals surface area contributed by atoms with Gasteiger partial charge >= 0.3 is 5.97 Å². The number of rotatable bonds is 3. The number of ether oxygens (including phenoxy) is 2. The molecule has 0 aromatic heterocycles. The molecular formula is C14H20O3. The number of terminal acetylenes is 1.